The van der Waals surface area contributed by atoms with Crippen LogP contribution in [0.25, 0.3) is 11.5 Å². The Hall–Kier alpha value is -1.82. The van der Waals surface area contributed by atoms with E-state index < -0.39 is 11.6 Å². The number of benzene rings is 1. The smallest absolute Gasteiger partial charge is 0.261 e. The van der Waals surface area contributed by atoms with Gasteiger partial charge in [0.15, 0.2) is 5.82 Å². The lowest BCUT2D eigenvalue weighted by Gasteiger charge is -1.99. The van der Waals surface area contributed by atoms with Crippen LogP contribution >= 0.6 is 0 Å². The Morgan fingerprint density at radius 3 is 2.88 bits per heavy atom. The summed E-state index contributed by atoms with van der Waals surface area (Å²) in [5.41, 5.74) is 5.40. The molecule has 2 N–H and O–H groups in total. The SMILES string of the molecule is CC(CN)c1noc(-c2cc(F)ccc2F)n1. The number of nitrogens with two attached hydrogens (primary N) is 1. The highest BCUT2D eigenvalue weighted by Gasteiger charge is 2.16. The van der Waals surface area contributed by atoms with Crippen LogP contribution in [0.5, 0.6) is 0 Å². The Morgan fingerprint density at radius 1 is 1.41 bits per heavy atom. The van der Waals surface area contributed by atoms with E-state index in [9.17, 15) is 8.78 Å². The Balaban J connectivity index is 2.40. The van der Waals surface area contributed by atoms with Crippen molar-refractivity contribution in [3.8, 4) is 11.5 Å². The molecule has 0 spiro atoms. The van der Waals surface area contributed by atoms with E-state index in [0.29, 0.717) is 12.4 Å². The molecule has 6 heteroatoms. The van der Waals surface area contributed by atoms with E-state index in [1.54, 1.807) is 0 Å². The van der Waals surface area contributed by atoms with Gasteiger partial charge in [-0.05, 0) is 18.2 Å². The van der Waals surface area contributed by atoms with Gasteiger partial charge in [-0.2, -0.15) is 4.98 Å². The van der Waals surface area contributed by atoms with Crippen LogP contribution < -0.4 is 5.73 Å². The first-order chi connectivity index (χ1) is 8.11. The van der Waals surface area contributed by atoms with Crippen LogP contribution in [0.1, 0.15) is 18.7 Å². The fourth-order valence-electron chi connectivity index (χ4n) is 1.31. The molecule has 0 saturated heterocycles. The summed E-state index contributed by atoms with van der Waals surface area (Å²) >= 11 is 0. The molecule has 1 aromatic carbocycles. The first-order valence-corrected chi connectivity index (χ1v) is 5.11. The third-order valence-electron chi connectivity index (χ3n) is 2.39. The lowest BCUT2D eigenvalue weighted by molar-refractivity contribution is 0.415. The van der Waals surface area contributed by atoms with E-state index in [2.05, 4.69) is 10.1 Å². The summed E-state index contributed by atoms with van der Waals surface area (Å²) in [6.45, 7) is 2.17. The molecule has 2 rings (SSSR count). The maximum absolute atomic E-state index is 13.4. The molecule has 0 aliphatic heterocycles. The minimum atomic E-state index is -0.609. The van der Waals surface area contributed by atoms with Gasteiger partial charge in [0.2, 0.25) is 0 Å². The molecule has 17 heavy (non-hydrogen) atoms. The maximum atomic E-state index is 13.4. The van der Waals surface area contributed by atoms with E-state index in [4.69, 9.17) is 10.3 Å². The lowest BCUT2D eigenvalue weighted by Crippen LogP contribution is -2.10. The normalized spacial score (nSPS) is 12.7. The summed E-state index contributed by atoms with van der Waals surface area (Å²) < 4.78 is 31.3. The number of aromatic nitrogens is 2. The van der Waals surface area contributed by atoms with Gasteiger partial charge in [-0.3, -0.25) is 0 Å². The molecule has 1 heterocycles. The van der Waals surface area contributed by atoms with Crippen LogP contribution in [0.15, 0.2) is 22.7 Å². The van der Waals surface area contributed by atoms with E-state index >= 15 is 0 Å². The molecule has 0 bridgehead atoms. The average Bonchev–Trinajstić information content (AvgIpc) is 2.80. The number of halogens is 2. The summed E-state index contributed by atoms with van der Waals surface area (Å²) in [7, 11) is 0. The summed E-state index contributed by atoms with van der Waals surface area (Å²) in [4.78, 5) is 3.99. The monoisotopic (exact) mass is 239 g/mol. The Morgan fingerprint density at radius 2 is 2.18 bits per heavy atom. The van der Waals surface area contributed by atoms with Crippen LogP contribution in [0.2, 0.25) is 0 Å². The van der Waals surface area contributed by atoms with Crippen LogP contribution in [-0.2, 0) is 0 Å². The van der Waals surface area contributed by atoms with Gasteiger partial charge in [0.25, 0.3) is 5.89 Å². The van der Waals surface area contributed by atoms with Crippen molar-refractivity contribution in [1.29, 1.82) is 0 Å². The fourth-order valence-corrected chi connectivity index (χ4v) is 1.31. The summed E-state index contributed by atoms with van der Waals surface area (Å²) in [5.74, 6) is -0.928. The topological polar surface area (TPSA) is 64.9 Å². The zero-order chi connectivity index (χ0) is 12.4. The first kappa shape index (κ1) is 11.7. The molecule has 0 fully saturated rings. The molecular formula is C11H11F2N3O. The van der Waals surface area contributed by atoms with Crippen molar-refractivity contribution < 1.29 is 13.3 Å². The van der Waals surface area contributed by atoms with Crippen molar-refractivity contribution in [1.82, 2.24) is 10.1 Å². The zero-order valence-electron chi connectivity index (χ0n) is 9.15. The second-order valence-electron chi connectivity index (χ2n) is 3.72. The van der Waals surface area contributed by atoms with Crippen molar-refractivity contribution in [2.75, 3.05) is 6.54 Å². The maximum Gasteiger partial charge on any atom is 0.261 e. The summed E-state index contributed by atoms with van der Waals surface area (Å²) in [5, 5.41) is 3.68. The summed E-state index contributed by atoms with van der Waals surface area (Å²) in [6, 6.07) is 3.05. The van der Waals surface area contributed by atoms with E-state index in [0.717, 1.165) is 18.2 Å². The standard InChI is InChI=1S/C11H11F2N3O/c1-6(5-14)10-15-11(17-16-10)8-4-7(12)2-3-9(8)13/h2-4,6H,5,14H2,1H3. The molecular weight excluding hydrogens is 228 g/mol. The number of nitrogens with zero attached hydrogens (tertiary/aromatic N) is 2. The molecule has 4 nitrogen and oxygen atoms in total. The van der Waals surface area contributed by atoms with Gasteiger partial charge in [-0.15, -0.1) is 0 Å². The van der Waals surface area contributed by atoms with Crippen molar-refractivity contribution in [3.05, 3.63) is 35.7 Å². The van der Waals surface area contributed by atoms with Gasteiger partial charge in [0.05, 0.1) is 5.56 Å². The van der Waals surface area contributed by atoms with Crippen LogP contribution in [0, 0.1) is 11.6 Å². The quantitative estimate of drug-likeness (QED) is 0.890. The van der Waals surface area contributed by atoms with Crippen molar-refractivity contribution in [3.63, 3.8) is 0 Å². The van der Waals surface area contributed by atoms with Gasteiger partial charge >= 0.3 is 0 Å². The van der Waals surface area contributed by atoms with E-state index in [1.165, 1.54) is 0 Å². The Labute approximate surface area is 96.4 Å². The highest BCUT2D eigenvalue weighted by molar-refractivity contribution is 5.53. The fraction of sp³-hybridized carbons (Fsp3) is 0.273. The largest absolute Gasteiger partial charge is 0.334 e. The van der Waals surface area contributed by atoms with E-state index in [-0.39, 0.29) is 17.4 Å². The third kappa shape index (κ3) is 2.31. The molecule has 1 unspecified atom stereocenters. The summed E-state index contributed by atoms with van der Waals surface area (Å²) in [6.07, 6.45) is 0. The van der Waals surface area contributed by atoms with Gasteiger partial charge in [0, 0.05) is 12.5 Å². The molecule has 2 aromatic rings. The molecule has 0 saturated carbocycles. The molecule has 1 atom stereocenters. The predicted octanol–water partition coefficient (Wildman–Crippen LogP) is 2.08. The van der Waals surface area contributed by atoms with Gasteiger partial charge in [-0.25, -0.2) is 8.78 Å². The first-order valence-electron chi connectivity index (χ1n) is 5.11. The van der Waals surface area contributed by atoms with Crippen LogP contribution in [0.4, 0.5) is 8.78 Å². The van der Waals surface area contributed by atoms with E-state index in [1.807, 2.05) is 6.92 Å². The molecule has 1 aromatic heterocycles. The predicted molar refractivity (Wildman–Crippen MR) is 57.1 cm³/mol. The number of rotatable bonds is 3. The third-order valence-corrected chi connectivity index (χ3v) is 2.39. The Bertz CT molecular complexity index is 527. The minimum Gasteiger partial charge on any atom is -0.334 e. The zero-order valence-corrected chi connectivity index (χ0v) is 9.15. The molecule has 0 amide bonds. The van der Waals surface area contributed by atoms with Gasteiger partial charge in [-0.1, -0.05) is 12.1 Å². The molecule has 0 aliphatic rings. The van der Waals surface area contributed by atoms with Crippen molar-refractivity contribution >= 4 is 0 Å². The lowest BCUT2D eigenvalue weighted by atomic mass is 10.1. The highest BCUT2D eigenvalue weighted by atomic mass is 19.1. The van der Waals surface area contributed by atoms with Gasteiger partial charge < -0.3 is 10.3 Å². The molecule has 0 radical (unpaired) electrons. The van der Waals surface area contributed by atoms with Crippen LogP contribution in [0.3, 0.4) is 0 Å². The number of hydrogen-bond acceptors (Lipinski definition) is 4. The average molecular weight is 239 g/mol. The van der Waals surface area contributed by atoms with Crippen molar-refractivity contribution in [2.24, 2.45) is 5.73 Å². The highest BCUT2D eigenvalue weighted by Crippen LogP contribution is 2.23. The van der Waals surface area contributed by atoms with Crippen LogP contribution in [-0.4, -0.2) is 16.7 Å². The molecule has 0 aliphatic carbocycles. The second-order valence-corrected chi connectivity index (χ2v) is 3.72. The second kappa shape index (κ2) is 4.58. The minimum absolute atomic E-state index is 0.0442. The van der Waals surface area contributed by atoms with Gasteiger partial charge in [0.1, 0.15) is 11.6 Å². The van der Waals surface area contributed by atoms with Crippen molar-refractivity contribution in [2.45, 2.75) is 12.8 Å². The number of hydrogen-bond donors (Lipinski definition) is 1. The molecule has 90 valence electrons. The Kier molecular flexibility index (Phi) is 3.14.